The van der Waals surface area contributed by atoms with E-state index >= 15 is 0 Å². The molecular formula is C10H9BrF6N2. The molecule has 0 bridgehead atoms. The van der Waals surface area contributed by atoms with Gasteiger partial charge in [0, 0.05) is 23.6 Å². The number of alkyl halides is 6. The maximum absolute atomic E-state index is 12.6. The van der Waals surface area contributed by atoms with Gasteiger partial charge in [-0.25, -0.2) is 4.98 Å². The molecule has 0 atom stereocenters. The van der Waals surface area contributed by atoms with E-state index in [4.69, 9.17) is 0 Å². The minimum atomic E-state index is -4.62. The third-order valence-electron chi connectivity index (χ3n) is 2.09. The van der Waals surface area contributed by atoms with Gasteiger partial charge in [-0.15, -0.1) is 0 Å². The first-order valence-electron chi connectivity index (χ1n) is 5.13. The van der Waals surface area contributed by atoms with Gasteiger partial charge in [-0.3, -0.25) is 0 Å². The van der Waals surface area contributed by atoms with Gasteiger partial charge in [-0.05, 0) is 28.4 Å². The SMILES string of the molecule is FC(F)(F)CCCNc1ncc(Br)cc1C(F)(F)F. The number of pyridine rings is 1. The third kappa shape index (κ3) is 5.66. The first-order chi connectivity index (χ1) is 8.59. The first-order valence-corrected chi connectivity index (χ1v) is 5.92. The lowest BCUT2D eigenvalue weighted by atomic mass is 10.2. The lowest BCUT2D eigenvalue weighted by Crippen LogP contribution is -2.15. The van der Waals surface area contributed by atoms with E-state index in [9.17, 15) is 26.3 Å². The fourth-order valence-corrected chi connectivity index (χ4v) is 1.62. The molecule has 0 saturated heterocycles. The van der Waals surface area contributed by atoms with Crippen molar-refractivity contribution in [1.82, 2.24) is 4.98 Å². The highest BCUT2D eigenvalue weighted by Crippen LogP contribution is 2.35. The zero-order chi connectivity index (χ0) is 14.7. The molecule has 0 aromatic carbocycles. The molecule has 1 aromatic heterocycles. The van der Waals surface area contributed by atoms with Crippen LogP contribution in [0.5, 0.6) is 0 Å². The second-order valence-corrected chi connectivity index (χ2v) is 4.61. The molecule has 0 aliphatic carbocycles. The summed E-state index contributed by atoms with van der Waals surface area (Å²) in [5.74, 6) is -0.474. The highest BCUT2D eigenvalue weighted by Gasteiger charge is 2.34. The molecule has 0 amide bonds. The van der Waals surface area contributed by atoms with Crippen LogP contribution < -0.4 is 5.32 Å². The van der Waals surface area contributed by atoms with Crippen LogP contribution in [0, 0.1) is 0 Å². The molecule has 0 saturated carbocycles. The summed E-state index contributed by atoms with van der Waals surface area (Å²) in [4.78, 5) is 3.52. The minimum absolute atomic E-state index is 0.140. The normalized spacial score (nSPS) is 12.6. The largest absolute Gasteiger partial charge is 0.419 e. The average Bonchev–Trinajstić information content (AvgIpc) is 2.23. The molecule has 0 spiro atoms. The molecule has 1 aromatic rings. The molecule has 108 valence electrons. The van der Waals surface area contributed by atoms with E-state index in [0.29, 0.717) is 0 Å². The highest BCUT2D eigenvalue weighted by molar-refractivity contribution is 9.10. The van der Waals surface area contributed by atoms with Crippen molar-refractivity contribution in [2.45, 2.75) is 25.2 Å². The predicted octanol–water partition coefficient (Wildman–Crippen LogP) is 4.62. The smallest absolute Gasteiger partial charge is 0.370 e. The van der Waals surface area contributed by atoms with E-state index in [-0.39, 0.29) is 17.4 Å². The highest BCUT2D eigenvalue weighted by atomic mass is 79.9. The molecule has 1 rings (SSSR count). The molecule has 0 fully saturated rings. The van der Waals surface area contributed by atoms with Gasteiger partial charge in [-0.2, -0.15) is 26.3 Å². The van der Waals surface area contributed by atoms with Crippen LogP contribution >= 0.6 is 15.9 Å². The van der Waals surface area contributed by atoms with E-state index in [2.05, 4.69) is 26.2 Å². The van der Waals surface area contributed by atoms with Crippen molar-refractivity contribution in [1.29, 1.82) is 0 Å². The molecule has 0 aliphatic rings. The number of hydrogen-bond acceptors (Lipinski definition) is 2. The van der Waals surface area contributed by atoms with Gasteiger partial charge in [-0.1, -0.05) is 0 Å². The summed E-state index contributed by atoms with van der Waals surface area (Å²) in [6.45, 7) is -0.239. The zero-order valence-corrected chi connectivity index (χ0v) is 11.0. The summed E-state index contributed by atoms with van der Waals surface area (Å²) >= 11 is 2.86. The number of aromatic nitrogens is 1. The number of nitrogens with zero attached hydrogens (tertiary/aromatic N) is 1. The summed E-state index contributed by atoms with van der Waals surface area (Å²) in [5, 5.41) is 2.27. The van der Waals surface area contributed by atoms with E-state index in [1.54, 1.807) is 0 Å². The second kappa shape index (κ2) is 5.98. The molecular weight excluding hydrogens is 342 g/mol. The minimum Gasteiger partial charge on any atom is -0.370 e. The Labute approximate surface area is 113 Å². The Morgan fingerprint density at radius 1 is 1.16 bits per heavy atom. The van der Waals surface area contributed by atoms with Crippen molar-refractivity contribution in [2.75, 3.05) is 11.9 Å². The molecule has 0 unspecified atom stereocenters. The molecule has 2 nitrogen and oxygen atoms in total. The van der Waals surface area contributed by atoms with Crippen molar-refractivity contribution in [3.8, 4) is 0 Å². The van der Waals surface area contributed by atoms with E-state index in [1.807, 2.05) is 0 Å². The lowest BCUT2D eigenvalue weighted by molar-refractivity contribution is -0.137. The Balaban J connectivity index is 2.68. The van der Waals surface area contributed by atoms with Gasteiger partial charge in [0.15, 0.2) is 0 Å². The van der Waals surface area contributed by atoms with Crippen LogP contribution in [-0.2, 0) is 6.18 Å². The first kappa shape index (κ1) is 16.1. The van der Waals surface area contributed by atoms with Crippen LogP contribution in [-0.4, -0.2) is 17.7 Å². The number of hydrogen-bond donors (Lipinski definition) is 1. The van der Waals surface area contributed by atoms with Crippen LogP contribution in [0.3, 0.4) is 0 Å². The summed E-state index contributed by atoms with van der Waals surface area (Å²) in [5.41, 5.74) is -1.02. The zero-order valence-electron chi connectivity index (χ0n) is 9.37. The molecule has 9 heteroatoms. The molecule has 0 aliphatic heterocycles. The van der Waals surface area contributed by atoms with Crippen LogP contribution in [0.15, 0.2) is 16.7 Å². The third-order valence-corrected chi connectivity index (χ3v) is 2.52. The van der Waals surface area contributed by atoms with Crippen molar-refractivity contribution >= 4 is 21.7 Å². The molecule has 1 heterocycles. The van der Waals surface area contributed by atoms with Gasteiger partial charge in [0.25, 0.3) is 0 Å². The van der Waals surface area contributed by atoms with Crippen LogP contribution in [0.25, 0.3) is 0 Å². The fraction of sp³-hybridized carbons (Fsp3) is 0.500. The molecule has 0 radical (unpaired) electrons. The summed E-state index contributed by atoms with van der Waals surface area (Å²) in [7, 11) is 0. The van der Waals surface area contributed by atoms with Crippen LogP contribution in [0.1, 0.15) is 18.4 Å². The topological polar surface area (TPSA) is 24.9 Å². The van der Waals surface area contributed by atoms with Crippen molar-refractivity contribution in [3.63, 3.8) is 0 Å². The number of nitrogens with one attached hydrogen (secondary N) is 1. The number of anilines is 1. The van der Waals surface area contributed by atoms with E-state index in [1.165, 1.54) is 0 Å². The second-order valence-electron chi connectivity index (χ2n) is 3.69. The van der Waals surface area contributed by atoms with Crippen LogP contribution in [0.2, 0.25) is 0 Å². The predicted molar refractivity (Wildman–Crippen MR) is 60.7 cm³/mol. The number of halogens is 7. The van der Waals surface area contributed by atoms with E-state index in [0.717, 1.165) is 12.3 Å². The van der Waals surface area contributed by atoms with Crippen LogP contribution in [0.4, 0.5) is 32.2 Å². The van der Waals surface area contributed by atoms with Crippen molar-refractivity contribution in [2.24, 2.45) is 0 Å². The van der Waals surface area contributed by atoms with E-state index < -0.39 is 30.2 Å². The van der Waals surface area contributed by atoms with Gasteiger partial charge in [0.2, 0.25) is 0 Å². The van der Waals surface area contributed by atoms with Crippen molar-refractivity contribution in [3.05, 3.63) is 22.3 Å². The Morgan fingerprint density at radius 3 is 2.32 bits per heavy atom. The molecule has 19 heavy (non-hydrogen) atoms. The van der Waals surface area contributed by atoms with Gasteiger partial charge >= 0.3 is 12.4 Å². The Hall–Kier alpha value is -0.990. The van der Waals surface area contributed by atoms with Crippen molar-refractivity contribution < 1.29 is 26.3 Å². The Kier molecular flexibility index (Phi) is 5.05. The van der Waals surface area contributed by atoms with Gasteiger partial charge in [0.1, 0.15) is 5.82 Å². The summed E-state index contributed by atoms with van der Waals surface area (Å²) < 4.78 is 73.7. The lowest BCUT2D eigenvalue weighted by Gasteiger charge is -2.14. The maximum Gasteiger partial charge on any atom is 0.419 e. The van der Waals surface area contributed by atoms with Gasteiger partial charge < -0.3 is 5.32 Å². The Bertz CT molecular complexity index is 429. The maximum atomic E-state index is 12.6. The number of rotatable bonds is 4. The monoisotopic (exact) mass is 350 g/mol. The standard InChI is InChI=1S/C10H9BrF6N2/c11-6-4-7(10(15,16)17)8(19-5-6)18-3-1-2-9(12,13)14/h4-5H,1-3H2,(H,18,19). The Morgan fingerprint density at radius 2 is 1.79 bits per heavy atom. The molecule has 1 N–H and O–H groups in total. The summed E-state index contributed by atoms with van der Waals surface area (Å²) in [6.07, 6.45) is -9.18. The quantitative estimate of drug-likeness (QED) is 0.633. The average molecular weight is 351 g/mol. The summed E-state index contributed by atoms with van der Waals surface area (Å²) in [6, 6.07) is 0.819. The fourth-order valence-electron chi connectivity index (χ4n) is 1.29. The van der Waals surface area contributed by atoms with Gasteiger partial charge in [0.05, 0.1) is 5.56 Å².